The molecule has 0 spiro atoms. The van der Waals surface area contributed by atoms with E-state index in [1.165, 1.54) is 0 Å². The highest BCUT2D eigenvalue weighted by atomic mass is 16.3. The van der Waals surface area contributed by atoms with Crippen molar-refractivity contribution in [3.05, 3.63) is 35.4 Å². The number of nitriles is 1. The standard InChI is InChI=1S/C16H24N2O2/c1-3-16(4-2,12-19)11-18-10-15(20)14-7-5-13(9-17)6-8-14/h5-8,15,18-20H,3-4,10-12H2,1-2H3. The molecule has 1 atom stereocenters. The van der Waals surface area contributed by atoms with Crippen LogP contribution in [0, 0.1) is 16.7 Å². The van der Waals surface area contributed by atoms with Gasteiger partial charge >= 0.3 is 0 Å². The van der Waals surface area contributed by atoms with Crippen molar-refractivity contribution in [3.63, 3.8) is 0 Å². The van der Waals surface area contributed by atoms with Gasteiger partial charge in [0.2, 0.25) is 0 Å². The van der Waals surface area contributed by atoms with Crippen LogP contribution in [0.5, 0.6) is 0 Å². The van der Waals surface area contributed by atoms with Crippen molar-refractivity contribution in [2.45, 2.75) is 32.8 Å². The number of aliphatic hydroxyl groups excluding tert-OH is 2. The summed E-state index contributed by atoms with van der Waals surface area (Å²) in [6.45, 7) is 5.41. The number of rotatable bonds is 8. The summed E-state index contributed by atoms with van der Waals surface area (Å²) in [6, 6.07) is 9.00. The fraction of sp³-hybridized carbons (Fsp3) is 0.562. The Morgan fingerprint density at radius 2 is 1.85 bits per heavy atom. The van der Waals surface area contributed by atoms with E-state index in [9.17, 15) is 10.2 Å². The zero-order valence-corrected chi connectivity index (χ0v) is 12.3. The highest BCUT2D eigenvalue weighted by molar-refractivity contribution is 5.32. The third-order valence-electron chi connectivity index (χ3n) is 4.10. The molecule has 3 N–H and O–H groups in total. The molecule has 0 radical (unpaired) electrons. The molecule has 0 bridgehead atoms. The second-order valence-corrected chi connectivity index (χ2v) is 5.25. The first-order valence-electron chi connectivity index (χ1n) is 7.10. The van der Waals surface area contributed by atoms with Gasteiger partial charge in [0, 0.05) is 25.1 Å². The maximum Gasteiger partial charge on any atom is 0.0991 e. The van der Waals surface area contributed by atoms with E-state index in [1.54, 1.807) is 24.3 Å². The van der Waals surface area contributed by atoms with Gasteiger partial charge in [-0.2, -0.15) is 5.26 Å². The average Bonchev–Trinajstić information content (AvgIpc) is 2.52. The maximum atomic E-state index is 10.1. The van der Waals surface area contributed by atoms with Crippen LogP contribution in [0.4, 0.5) is 0 Å². The summed E-state index contributed by atoms with van der Waals surface area (Å²) in [6.07, 6.45) is 1.20. The number of aliphatic hydroxyl groups is 2. The normalized spacial score (nSPS) is 12.9. The molecule has 4 heteroatoms. The Kier molecular flexibility index (Phi) is 6.66. The van der Waals surface area contributed by atoms with Gasteiger partial charge in [-0.15, -0.1) is 0 Å². The summed E-state index contributed by atoms with van der Waals surface area (Å²) < 4.78 is 0. The summed E-state index contributed by atoms with van der Waals surface area (Å²) in [5.41, 5.74) is 1.27. The maximum absolute atomic E-state index is 10.1. The third-order valence-corrected chi connectivity index (χ3v) is 4.10. The van der Waals surface area contributed by atoms with Gasteiger partial charge in [-0.3, -0.25) is 0 Å². The van der Waals surface area contributed by atoms with E-state index in [0.717, 1.165) is 18.4 Å². The lowest BCUT2D eigenvalue weighted by Gasteiger charge is -2.30. The second kappa shape index (κ2) is 8.01. The minimum absolute atomic E-state index is 0.107. The quantitative estimate of drug-likeness (QED) is 0.678. The Hall–Kier alpha value is -1.41. The number of nitrogens with one attached hydrogen (secondary N) is 1. The summed E-state index contributed by atoms with van der Waals surface area (Å²) in [4.78, 5) is 0. The van der Waals surface area contributed by atoms with Gasteiger partial charge in [-0.1, -0.05) is 26.0 Å². The van der Waals surface area contributed by atoms with E-state index in [2.05, 4.69) is 25.2 Å². The molecule has 1 aromatic rings. The third kappa shape index (κ3) is 4.31. The lowest BCUT2D eigenvalue weighted by Crippen LogP contribution is -2.38. The number of benzene rings is 1. The van der Waals surface area contributed by atoms with Crippen molar-refractivity contribution in [3.8, 4) is 6.07 Å². The Morgan fingerprint density at radius 1 is 1.25 bits per heavy atom. The predicted molar refractivity (Wildman–Crippen MR) is 79.1 cm³/mol. The monoisotopic (exact) mass is 276 g/mol. The second-order valence-electron chi connectivity index (χ2n) is 5.25. The van der Waals surface area contributed by atoms with E-state index in [-0.39, 0.29) is 12.0 Å². The SMILES string of the molecule is CCC(CC)(CO)CNCC(O)c1ccc(C#N)cc1. The van der Waals surface area contributed by atoms with Crippen molar-refractivity contribution in [2.75, 3.05) is 19.7 Å². The average molecular weight is 276 g/mol. The molecule has 0 saturated heterocycles. The van der Waals surface area contributed by atoms with Crippen LogP contribution >= 0.6 is 0 Å². The minimum atomic E-state index is -0.604. The Balaban J connectivity index is 2.50. The van der Waals surface area contributed by atoms with E-state index < -0.39 is 6.10 Å². The van der Waals surface area contributed by atoms with Crippen molar-refractivity contribution in [1.29, 1.82) is 5.26 Å². The van der Waals surface area contributed by atoms with Gasteiger partial charge in [0.25, 0.3) is 0 Å². The minimum Gasteiger partial charge on any atom is -0.396 e. The van der Waals surface area contributed by atoms with E-state index in [0.29, 0.717) is 18.7 Å². The van der Waals surface area contributed by atoms with Crippen LogP contribution in [0.25, 0.3) is 0 Å². The fourth-order valence-electron chi connectivity index (χ4n) is 2.15. The predicted octanol–water partition coefficient (Wildman–Crippen LogP) is 1.98. The summed E-state index contributed by atoms with van der Waals surface area (Å²) in [5.74, 6) is 0. The molecule has 0 amide bonds. The molecule has 4 nitrogen and oxygen atoms in total. The zero-order chi connectivity index (χ0) is 15.0. The van der Waals surface area contributed by atoms with Gasteiger partial charge < -0.3 is 15.5 Å². The Labute approximate surface area is 121 Å². The van der Waals surface area contributed by atoms with Crippen LogP contribution in [0.15, 0.2) is 24.3 Å². The van der Waals surface area contributed by atoms with Gasteiger partial charge in [-0.25, -0.2) is 0 Å². The molecule has 20 heavy (non-hydrogen) atoms. The summed E-state index contributed by atoms with van der Waals surface area (Å²) >= 11 is 0. The Morgan fingerprint density at radius 3 is 2.30 bits per heavy atom. The van der Waals surface area contributed by atoms with Crippen LogP contribution in [-0.2, 0) is 0 Å². The van der Waals surface area contributed by atoms with Crippen molar-refractivity contribution in [2.24, 2.45) is 5.41 Å². The van der Waals surface area contributed by atoms with E-state index in [1.807, 2.05) is 0 Å². The van der Waals surface area contributed by atoms with Crippen LogP contribution in [-0.4, -0.2) is 29.9 Å². The van der Waals surface area contributed by atoms with Crippen LogP contribution in [0.1, 0.15) is 43.9 Å². The van der Waals surface area contributed by atoms with E-state index >= 15 is 0 Å². The molecule has 110 valence electrons. The molecule has 1 aromatic carbocycles. The lowest BCUT2D eigenvalue weighted by atomic mass is 9.83. The van der Waals surface area contributed by atoms with Crippen molar-refractivity contribution in [1.82, 2.24) is 5.32 Å². The molecular weight excluding hydrogens is 252 g/mol. The largest absolute Gasteiger partial charge is 0.396 e. The Bertz CT molecular complexity index is 425. The molecule has 1 rings (SSSR count). The molecule has 0 aliphatic heterocycles. The van der Waals surface area contributed by atoms with Crippen LogP contribution in [0.3, 0.4) is 0 Å². The summed E-state index contributed by atoms with van der Waals surface area (Å²) in [5, 5.41) is 31.5. The molecule has 0 heterocycles. The molecule has 0 aliphatic carbocycles. The van der Waals surface area contributed by atoms with Crippen LogP contribution in [0.2, 0.25) is 0 Å². The van der Waals surface area contributed by atoms with Crippen molar-refractivity contribution >= 4 is 0 Å². The smallest absolute Gasteiger partial charge is 0.0991 e. The highest BCUT2D eigenvalue weighted by Crippen LogP contribution is 2.24. The fourth-order valence-corrected chi connectivity index (χ4v) is 2.15. The van der Waals surface area contributed by atoms with Gasteiger partial charge in [-0.05, 0) is 30.5 Å². The summed E-state index contributed by atoms with van der Waals surface area (Å²) in [7, 11) is 0. The number of hydrogen-bond acceptors (Lipinski definition) is 4. The topological polar surface area (TPSA) is 76.3 Å². The van der Waals surface area contributed by atoms with Gasteiger partial charge in [0.15, 0.2) is 0 Å². The molecule has 0 saturated carbocycles. The number of hydrogen-bond donors (Lipinski definition) is 3. The molecule has 0 aliphatic rings. The van der Waals surface area contributed by atoms with Crippen LogP contribution < -0.4 is 5.32 Å². The van der Waals surface area contributed by atoms with Crippen molar-refractivity contribution < 1.29 is 10.2 Å². The molecule has 1 unspecified atom stereocenters. The van der Waals surface area contributed by atoms with Gasteiger partial charge in [0.05, 0.1) is 17.7 Å². The molecule has 0 fully saturated rings. The van der Waals surface area contributed by atoms with E-state index in [4.69, 9.17) is 5.26 Å². The first-order valence-corrected chi connectivity index (χ1v) is 7.10. The lowest BCUT2D eigenvalue weighted by molar-refractivity contribution is 0.104. The first kappa shape index (κ1) is 16.6. The first-order chi connectivity index (χ1) is 9.60. The highest BCUT2D eigenvalue weighted by Gasteiger charge is 2.24. The number of nitrogens with zero attached hydrogens (tertiary/aromatic N) is 1. The zero-order valence-electron chi connectivity index (χ0n) is 12.3. The molecular formula is C16H24N2O2. The molecule has 0 aromatic heterocycles. The van der Waals surface area contributed by atoms with Gasteiger partial charge in [0.1, 0.15) is 0 Å².